The number of hydrogen-bond donors (Lipinski definition) is 3. The quantitative estimate of drug-likeness (QED) is 0.730. The van der Waals surface area contributed by atoms with Crippen molar-refractivity contribution < 1.29 is 19.8 Å². The Balaban J connectivity index is 3.82. The summed E-state index contributed by atoms with van der Waals surface area (Å²) in [6, 6.07) is 0. The molecule has 0 aromatic heterocycles. The van der Waals surface area contributed by atoms with Crippen molar-refractivity contribution in [2.45, 2.75) is 13.8 Å². The maximum atomic E-state index is 11.2. The number of aromatic carboxylic acids is 2. The predicted octanol–water partition coefficient (Wildman–Crippen LogP) is 2.35. The fraction of sp³-hybridized carbons (Fsp3) is 0.273. The molecule has 3 N–H and O–H groups in total. The number of halogens is 1. The maximum absolute atomic E-state index is 11.2. The summed E-state index contributed by atoms with van der Waals surface area (Å²) >= 11 is 1.91. The van der Waals surface area contributed by atoms with Crippen LogP contribution in [0.5, 0.6) is 0 Å². The van der Waals surface area contributed by atoms with Crippen LogP contribution in [0.4, 0.5) is 5.69 Å². The molecule has 0 spiro atoms. The first-order valence-electron chi connectivity index (χ1n) is 4.79. The molecule has 0 amide bonds. The van der Waals surface area contributed by atoms with E-state index in [1.54, 1.807) is 14.0 Å². The number of nitrogens with one attached hydrogen (secondary N) is 1. The molecule has 0 atom stereocenters. The van der Waals surface area contributed by atoms with Crippen LogP contribution in [0.15, 0.2) is 0 Å². The lowest BCUT2D eigenvalue weighted by molar-refractivity contribution is 0.0695. The molecule has 1 rings (SSSR count). The second-order valence-electron chi connectivity index (χ2n) is 3.55. The highest BCUT2D eigenvalue weighted by Crippen LogP contribution is 2.32. The predicted molar refractivity (Wildman–Crippen MR) is 72.1 cm³/mol. The molecule has 6 heteroatoms. The minimum absolute atomic E-state index is 0.0398. The summed E-state index contributed by atoms with van der Waals surface area (Å²) in [6.45, 7) is 3.18. The van der Waals surface area contributed by atoms with Crippen molar-refractivity contribution >= 4 is 40.2 Å². The topological polar surface area (TPSA) is 86.6 Å². The summed E-state index contributed by atoms with van der Waals surface area (Å²) in [5.41, 5.74) is 1.47. The van der Waals surface area contributed by atoms with E-state index in [2.05, 4.69) is 5.32 Å². The van der Waals surface area contributed by atoms with Crippen LogP contribution in [0.3, 0.4) is 0 Å². The van der Waals surface area contributed by atoms with Gasteiger partial charge in [-0.2, -0.15) is 0 Å². The first-order chi connectivity index (χ1) is 7.82. The van der Waals surface area contributed by atoms with Crippen molar-refractivity contribution in [2.75, 3.05) is 12.4 Å². The van der Waals surface area contributed by atoms with Crippen LogP contribution in [-0.4, -0.2) is 29.2 Å². The van der Waals surface area contributed by atoms with Crippen LogP contribution in [0.1, 0.15) is 31.8 Å². The van der Waals surface area contributed by atoms with E-state index < -0.39 is 11.9 Å². The molecule has 0 unspecified atom stereocenters. The Morgan fingerprint density at radius 1 is 1.06 bits per heavy atom. The van der Waals surface area contributed by atoms with Gasteiger partial charge in [-0.15, -0.1) is 0 Å². The Hall–Kier alpha value is -1.31. The van der Waals surface area contributed by atoms with E-state index in [1.165, 1.54) is 6.92 Å². The van der Waals surface area contributed by atoms with Gasteiger partial charge in [0.1, 0.15) is 0 Å². The standard InChI is InChI=1S/C11H12INO4/c1-4-6(10(14)15)5(2)9(13-3)8(12)7(4)11(16)17/h13H,1-3H3,(H,14,15)(H,16,17). The average molecular weight is 349 g/mol. The largest absolute Gasteiger partial charge is 0.478 e. The van der Waals surface area contributed by atoms with E-state index in [0.717, 1.165) is 0 Å². The summed E-state index contributed by atoms with van der Waals surface area (Å²) in [6.07, 6.45) is 0. The van der Waals surface area contributed by atoms with Crippen LogP contribution < -0.4 is 5.32 Å². The third kappa shape index (κ3) is 2.21. The average Bonchev–Trinajstić information content (AvgIpc) is 2.16. The molecule has 1 aromatic rings. The van der Waals surface area contributed by atoms with E-state index in [-0.39, 0.29) is 16.7 Å². The monoisotopic (exact) mass is 349 g/mol. The molecule has 0 bridgehead atoms. The van der Waals surface area contributed by atoms with E-state index in [9.17, 15) is 9.59 Å². The van der Waals surface area contributed by atoms with Crippen LogP contribution in [-0.2, 0) is 0 Å². The van der Waals surface area contributed by atoms with Crippen LogP contribution in [0, 0.1) is 17.4 Å². The van der Waals surface area contributed by atoms with Crippen molar-refractivity contribution in [3.63, 3.8) is 0 Å². The molecule has 17 heavy (non-hydrogen) atoms. The summed E-state index contributed by atoms with van der Waals surface area (Å²) in [4.78, 5) is 22.3. The highest BCUT2D eigenvalue weighted by atomic mass is 127. The van der Waals surface area contributed by atoms with Gasteiger partial charge in [-0.25, -0.2) is 9.59 Å². The zero-order valence-corrected chi connectivity index (χ0v) is 11.7. The number of carboxylic acid groups (broad SMARTS) is 2. The molecule has 0 aliphatic rings. The van der Waals surface area contributed by atoms with Gasteiger partial charge < -0.3 is 15.5 Å². The van der Waals surface area contributed by atoms with Crippen molar-refractivity contribution in [3.8, 4) is 0 Å². The fourth-order valence-corrected chi connectivity index (χ4v) is 3.17. The van der Waals surface area contributed by atoms with Gasteiger partial charge in [-0.1, -0.05) is 0 Å². The number of hydrogen-bond acceptors (Lipinski definition) is 3. The first kappa shape index (κ1) is 13.8. The van der Waals surface area contributed by atoms with E-state index in [1.807, 2.05) is 22.6 Å². The number of rotatable bonds is 3. The number of benzene rings is 1. The molecule has 0 saturated heterocycles. The zero-order valence-electron chi connectivity index (χ0n) is 9.59. The normalized spacial score (nSPS) is 10.1. The molecule has 0 heterocycles. The molecule has 92 valence electrons. The van der Waals surface area contributed by atoms with E-state index >= 15 is 0 Å². The molecule has 1 aromatic carbocycles. The Morgan fingerprint density at radius 2 is 1.53 bits per heavy atom. The highest BCUT2D eigenvalue weighted by molar-refractivity contribution is 14.1. The lowest BCUT2D eigenvalue weighted by atomic mass is 9.96. The van der Waals surface area contributed by atoms with Gasteiger partial charge in [-0.05, 0) is 47.6 Å². The smallest absolute Gasteiger partial charge is 0.337 e. The minimum atomic E-state index is -1.12. The molecule has 0 aliphatic carbocycles. The molecule has 0 aliphatic heterocycles. The number of carboxylic acids is 2. The van der Waals surface area contributed by atoms with Crippen molar-refractivity contribution in [1.82, 2.24) is 0 Å². The zero-order chi connectivity index (χ0) is 13.3. The second-order valence-corrected chi connectivity index (χ2v) is 4.63. The Morgan fingerprint density at radius 3 is 1.88 bits per heavy atom. The van der Waals surface area contributed by atoms with Crippen LogP contribution in [0.25, 0.3) is 0 Å². The van der Waals surface area contributed by atoms with Crippen LogP contribution >= 0.6 is 22.6 Å². The van der Waals surface area contributed by atoms with Crippen molar-refractivity contribution in [1.29, 1.82) is 0 Å². The molecular formula is C11H12INO4. The summed E-state index contributed by atoms with van der Waals surface area (Å²) in [7, 11) is 1.64. The molecule has 5 nitrogen and oxygen atoms in total. The lowest BCUT2D eigenvalue weighted by Gasteiger charge is -2.16. The Bertz CT molecular complexity index is 470. The maximum Gasteiger partial charge on any atom is 0.337 e. The Kier molecular flexibility index (Phi) is 3.97. The van der Waals surface area contributed by atoms with Gasteiger partial charge in [0, 0.05) is 7.05 Å². The van der Waals surface area contributed by atoms with Gasteiger partial charge in [0.05, 0.1) is 20.4 Å². The lowest BCUT2D eigenvalue weighted by Crippen LogP contribution is -2.14. The number of carbonyl (C=O) groups is 2. The molecule has 0 radical (unpaired) electrons. The SMILES string of the molecule is CNc1c(C)c(C(=O)O)c(C)c(C(=O)O)c1I. The second kappa shape index (κ2) is 4.91. The first-order valence-corrected chi connectivity index (χ1v) is 5.87. The van der Waals surface area contributed by atoms with Crippen LogP contribution in [0.2, 0.25) is 0 Å². The summed E-state index contributed by atoms with van der Waals surface area (Å²) < 4.78 is 0.526. The summed E-state index contributed by atoms with van der Waals surface area (Å²) in [5, 5.41) is 21.1. The number of anilines is 1. The van der Waals surface area contributed by atoms with Gasteiger partial charge in [0.25, 0.3) is 0 Å². The third-order valence-corrected chi connectivity index (χ3v) is 3.70. The highest BCUT2D eigenvalue weighted by Gasteiger charge is 2.24. The molecular weight excluding hydrogens is 337 g/mol. The third-order valence-electron chi connectivity index (χ3n) is 2.62. The van der Waals surface area contributed by atoms with E-state index in [0.29, 0.717) is 14.8 Å². The van der Waals surface area contributed by atoms with Crippen molar-refractivity contribution in [3.05, 3.63) is 25.8 Å². The molecule has 0 fully saturated rings. The van der Waals surface area contributed by atoms with Gasteiger partial charge in [-0.3, -0.25) is 0 Å². The van der Waals surface area contributed by atoms with E-state index in [4.69, 9.17) is 10.2 Å². The minimum Gasteiger partial charge on any atom is -0.478 e. The summed E-state index contributed by atoms with van der Waals surface area (Å²) in [5.74, 6) is -2.23. The molecule has 0 saturated carbocycles. The fourth-order valence-electron chi connectivity index (χ4n) is 1.86. The van der Waals surface area contributed by atoms with Crippen molar-refractivity contribution in [2.24, 2.45) is 0 Å². The van der Waals surface area contributed by atoms with Gasteiger partial charge >= 0.3 is 11.9 Å². The van der Waals surface area contributed by atoms with Gasteiger partial charge in [0.15, 0.2) is 0 Å². The Labute approximate surface area is 112 Å². The van der Waals surface area contributed by atoms with Gasteiger partial charge in [0.2, 0.25) is 0 Å².